The van der Waals surface area contributed by atoms with Gasteiger partial charge in [0.15, 0.2) is 0 Å². The van der Waals surface area contributed by atoms with Crippen molar-refractivity contribution in [2.24, 2.45) is 5.92 Å². The Kier molecular flexibility index (Phi) is 5.64. The molecule has 1 aromatic rings. The number of halogens is 1. The molecule has 0 aliphatic rings. The first-order valence-corrected chi connectivity index (χ1v) is 6.08. The summed E-state index contributed by atoms with van der Waals surface area (Å²) in [5.41, 5.74) is 1.07. The summed E-state index contributed by atoms with van der Waals surface area (Å²) in [5.74, 6) is 0.565. The van der Waals surface area contributed by atoms with Crippen LogP contribution < -0.4 is 5.32 Å². The summed E-state index contributed by atoms with van der Waals surface area (Å²) in [6.45, 7) is 7.97. The Hall–Kier alpha value is -0.730. The Labute approximate surface area is 103 Å². The Balaban J connectivity index is 2.18. The molecule has 0 aliphatic heterocycles. The second-order valence-electron chi connectivity index (χ2n) is 4.25. The molecule has 2 nitrogen and oxygen atoms in total. The summed E-state index contributed by atoms with van der Waals surface area (Å²) < 4.78 is 5.66. The molecule has 0 spiro atoms. The molecule has 90 valence electrons. The molecule has 0 bridgehead atoms. The van der Waals surface area contributed by atoms with Crippen LogP contribution in [0.4, 0.5) is 5.69 Å². The Morgan fingerprint density at radius 2 is 1.81 bits per heavy atom. The fraction of sp³-hybridized carbons (Fsp3) is 0.538. The molecular formula is C13H20ClNO. The van der Waals surface area contributed by atoms with Gasteiger partial charge in [-0.25, -0.2) is 0 Å². The van der Waals surface area contributed by atoms with E-state index in [-0.39, 0.29) is 0 Å². The molecule has 1 aromatic carbocycles. The van der Waals surface area contributed by atoms with Crippen LogP contribution in [0.2, 0.25) is 5.02 Å². The number of rotatable bonds is 6. The summed E-state index contributed by atoms with van der Waals surface area (Å²) in [6, 6.07) is 7.69. The molecule has 1 rings (SSSR count). The molecule has 0 radical (unpaired) electrons. The van der Waals surface area contributed by atoms with Crippen LogP contribution in [0.5, 0.6) is 0 Å². The largest absolute Gasteiger partial charge is 0.383 e. The lowest BCUT2D eigenvalue weighted by Crippen LogP contribution is -2.19. The zero-order valence-corrected chi connectivity index (χ0v) is 10.9. The van der Waals surface area contributed by atoms with E-state index < -0.39 is 0 Å². The van der Waals surface area contributed by atoms with Gasteiger partial charge in [0.1, 0.15) is 0 Å². The van der Waals surface area contributed by atoms with Crippen LogP contribution in [0.1, 0.15) is 20.8 Å². The number of hydrogen-bond donors (Lipinski definition) is 1. The van der Waals surface area contributed by atoms with Crippen molar-refractivity contribution in [2.75, 3.05) is 18.5 Å². The van der Waals surface area contributed by atoms with Crippen molar-refractivity contribution in [1.29, 1.82) is 0 Å². The number of ether oxygens (including phenoxy) is 1. The maximum Gasteiger partial charge on any atom is 0.0642 e. The van der Waals surface area contributed by atoms with Crippen molar-refractivity contribution < 1.29 is 4.74 Å². The molecule has 0 heterocycles. The van der Waals surface area contributed by atoms with Crippen molar-refractivity contribution >= 4 is 17.3 Å². The lowest BCUT2D eigenvalue weighted by molar-refractivity contribution is 0.0421. The molecule has 16 heavy (non-hydrogen) atoms. The molecule has 0 saturated carbocycles. The Morgan fingerprint density at radius 3 is 2.38 bits per heavy atom. The van der Waals surface area contributed by atoms with Crippen LogP contribution >= 0.6 is 11.6 Å². The van der Waals surface area contributed by atoms with Crippen molar-refractivity contribution in [2.45, 2.75) is 26.9 Å². The second-order valence-corrected chi connectivity index (χ2v) is 4.69. The summed E-state index contributed by atoms with van der Waals surface area (Å²) >= 11 is 5.80. The quantitative estimate of drug-likeness (QED) is 0.765. The maximum atomic E-state index is 5.80. The van der Waals surface area contributed by atoms with Gasteiger partial charge in [-0.1, -0.05) is 25.4 Å². The van der Waals surface area contributed by atoms with Crippen LogP contribution in [0, 0.1) is 5.92 Å². The van der Waals surface area contributed by atoms with Crippen LogP contribution in [0.15, 0.2) is 24.3 Å². The van der Waals surface area contributed by atoms with Gasteiger partial charge in [-0.2, -0.15) is 0 Å². The van der Waals surface area contributed by atoms with E-state index in [1.54, 1.807) is 0 Å². The number of benzene rings is 1. The summed E-state index contributed by atoms with van der Waals surface area (Å²) in [5, 5.41) is 4.04. The van der Waals surface area contributed by atoms with Gasteiger partial charge in [-0.05, 0) is 37.1 Å². The highest BCUT2D eigenvalue weighted by Crippen LogP contribution is 2.13. The van der Waals surface area contributed by atoms with Gasteiger partial charge >= 0.3 is 0 Å². The second kappa shape index (κ2) is 6.77. The van der Waals surface area contributed by atoms with E-state index in [2.05, 4.69) is 26.1 Å². The zero-order chi connectivity index (χ0) is 12.0. The van der Waals surface area contributed by atoms with E-state index in [0.29, 0.717) is 12.0 Å². The van der Waals surface area contributed by atoms with Gasteiger partial charge in [0.2, 0.25) is 0 Å². The van der Waals surface area contributed by atoms with Crippen LogP contribution in [-0.2, 0) is 4.74 Å². The van der Waals surface area contributed by atoms with Crippen LogP contribution in [0.3, 0.4) is 0 Å². The molecule has 0 aliphatic carbocycles. The SMILES string of the molecule is CC(C)C(C)OCCNc1ccc(Cl)cc1. The topological polar surface area (TPSA) is 21.3 Å². The third kappa shape index (κ3) is 4.86. The van der Waals surface area contributed by atoms with E-state index in [1.807, 2.05) is 24.3 Å². The average molecular weight is 242 g/mol. The first-order valence-electron chi connectivity index (χ1n) is 5.70. The van der Waals surface area contributed by atoms with E-state index in [4.69, 9.17) is 16.3 Å². The molecule has 1 N–H and O–H groups in total. The highest BCUT2D eigenvalue weighted by molar-refractivity contribution is 6.30. The normalized spacial score (nSPS) is 12.8. The minimum atomic E-state index is 0.312. The summed E-state index contributed by atoms with van der Waals surface area (Å²) in [4.78, 5) is 0. The third-order valence-corrected chi connectivity index (χ3v) is 2.85. The first kappa shape index (κ1) is 13.3. The summed E-state index contributed by atoms with van der Waals surface area (Å²) in [6.07, 6.45) is 0.312. The van der Waals surface area contributed by atoms with Crippen molar-refractivity contribution in [3.05, 3.63) is 29.3 Å². The minimum absolute atomic E-state index is 0.312. The highest BCUT2D eigenvalue weighted by atomic mass is 35.5. The molecule has 0 saturated heterocycles. The van der Waals surface area contributed by atoms with E-state index in [9.17, 15) is 0 Å². The molecule has 3 heteroatoms. The van der Waals surface area contributed by atoms with E-state index >= 15 is 0 Å². The predicted molar refractivity (Wildman–Crippen MR) is 70.2 cm³/mol. The van der Waals surface area contributed by atoms with Gasteiger partial charge in [0.25, 0.3) is 0 Å². The highest BCUT2D eigenvalue weighted by Gasteiger charge is 2.05. The Bertz CT molecular complexity index is 297. The van der Waals surface area contributed by atoms with Crippen molar-refractivity contribution in [3.63, 3.8) is 0 Å². The molecule has 1 unspecified atom stereocenters. The van der Waals surface area contributed by atoms with Gasteiger partial charge in [0.05, 0.1) is 12.7 Å². The molecule has 1 atom stereocenters. The standard InChI is InChI=1S/C13H20ClNO/c1-10(2)11(3)16-9-8-15-13-6-4-12(14)5-7-13/h4-7,10-11,15H,8-9H2,1-3H3. The molecular weight excluding hydrogens is 222 g/mol. The monoisotopic (exact) mass is 241 g/mol. The minimum Gasteiger partial charge on any atom is -0.383 e. The lowest BCUT2D eigenvalue weighted by Gasteiger charge is -2.16. The lowest BCUT2D eigenvalue weighted by atomic mass is 10.1. The molecule has 0 fully saturated rings. The molecule has 0 aromatic heterocycles. The fourth-order valence-corrected chi connectivity index (χ4v) is 1.33. The van der Waals surface area contributed by atoms with E-state index in [0.717, 1.165) is 23.9 Å². The predicted octanol–water partition coefficient (Wildman–Crippen LogP) is 3.81. The first-order chi connectivity index (χ1) is 7.59. The van der Waals surface area contributed by atoms with Gasteiger partial charge < -0.3 is 10.1 Å². The smallest absolute Gasteiger partial charge is 0.0642 e. The third-order valence-electron chi connectivity index (χ3n) is 2.59. The zero-order valence-electron chi connectivity index (χ0n) is 10.2. The fourth-order valence-electron chi connectivity index (χ4n) is 1.20. The van der Waals surface area contributed by atoms with Crippen molar-refractivity contribution in [1.82, 2.24) is 0 Å². The maximum absolute atomic E-state index is 5.80. The number of hydrogen-bond acceptors (Lipinski definition) is 2. The molecule has 0 amide bonds. The van der Waals surface area contributed by atoms with E-state index in [1.165, 1.54) is 0 Å². The average Bonchev–Trinajstić information content (AvgIpc) is 2.26. The van der Waals surface area contributed by atoms with Gasteiger partial charge in [0, 0.05) is 17.3 Å². The van der Waals surface area contributed by atoms with Gasteiger partial charge in [-0.3, -0.25) is 0 Å². The van der Waals surface area contributed by atoms with Gasteiger partial charge in [-0.15, -0.1) is 0 Å². The Morgan fingerprint density at radius 1 is 1.19 bits per heavy atom. The number of anilines is 1. The number of nitrogens with one attached hydrogen (secondary N) is 1. The van der Waals surface area contributed by atoms with Crippen LogP contribution in [-0.4, -0.2) is 19.3 Å². The summed E-state index contributed by atoms with van der Waals surface area (Å²) in [7, 11) is 0. The van der Waals surface area contributed by atoms with Crippen LogP contribution in [0.25, 0.3) is 0 Å². The van der Waals surface area contributed by atoms with Crippen molar-refractivity contribution in [3.8, 4) is 0 Å².